The molecule has 3 N–H and O–H groups in total. The molecule has 100 valence electrons. The van der Waals surface area contributed by atoms with Crippen LogP contribution in [0, 0.1) is 13.8 Å². The Morgan fingerprint density at radius 3 is 2.26 bits per heavy atom. The van der Waals surface area contributed by atoms with Crippen molar-refractivity contribution in [2.75, 3.05) is 10.5 Å². The average molecular weight is 277 g/mol. The molecule has 0 atom stereocenters. The molecule has 0 aliphatic heterocycles. The van der Waals surface area contributed by atoms with Crippen molar-refractivity contribution in [3.8, 4) is 0 Å². The molecule has 0 unspecified atom stereocenters. The zero-order valence-corrected chi connectivity index (χ0v) is 11.5. The van der Waals surface area contributed by atoms with Crippen molar-refractivity contribution >= 4 is 21.5 Å². The van der Waals surface area contributed by atoms with Crippen LogP contribution in [0.1, 0.15) is 11.1 Å². The predicted molar refractivity (Wildman–Crippen MR) is 75.4 cm³/mol. The Morgan fingerprint density at radius 2 is 1.74 bits per heavy atom. The molecule has 2 aromatic rings. The lowest BCUT2D eigenvalue weighted by Gasteiger charge is -2.09. The van der Waals surface area contributed by atoms with Crippen molar-refractivity contribution in [3.05, 3.63) is 47.7 Å². The fourth-order valence-electron chi connectivity index (χ4n) is 1.77. The normalized spacial score (nSPS) is 11.3. The molecule has 5 nitrogen and oxygen atoms in total. The van der Waals surface area contributed by atoms with Gasteiger partial charge in [0.2, 0.25) is 0 Å². The molecule has 0 aliphatic rings. The Morgan fingerprint density at radius 1 is 1.11 bits per heavy atom. The molecule has 1 aromatic carbocycles. The van der Waals surface area contributed by atoms with Crippen LogP contribution in [0.25, 0.3) is 0 Å². The van der Waals surface area contributed by atoms with E-state index in [2.05, 4.69) is 9.71 Å². The lowest BCUT2D eigenvalue weighted by Crippen LogP contribution is -2.13. The second kappa shape index (κ2) is 4.89. The Kier molecular flexibility index (Phi) is 3.44. The summed E-state index contributed by atoms with van der Waals surface area (Å²) in [6.45, 7) is 3.72. The zero-order valence-electron chi connectivity index (χ0n) is 10.7. The van der Waals surface area contributed by atoms with Gasteiger partial charge in [-0.15, -0.1) is 0 Å². The van der Waals surface area contributed by atoms with Crippen LogP contribution in [0.5, 0.6) is 0 Å². The van der Waals surface area contributed by atoms with Gasteiger partial charge in [-0.2, -0.15) is 0 Å². The van der Waals surface area contributed by atoms with Crippen LogP contribution in [-0.2, 0) is 10.0 Å². The summed E-state index contributed by atoms with van der Waals surface area (Å²) in [7, 11) is -3.60. The molecular weight excluding hydrogens is 262 g/mol. The minimum atomic E-state index is -3.60. The molecule has 0 radical (unpaired) electrons. The maximum Gasteiger partial charge on any atom is 0.261 e. The van der Waals surface area contributed by atoms with Gasteiger partial charge in [-0.1, -0.05) is 6.07 Å². The van der Waals surface area contributed by atoms with Crippen LogP contribution in [0.15, 0.2) is 41.4 Å². The Labute approximate surface area is 112 Å². The lowest BCUT2D eigenvalue weighted by atomic mass is 10.2. The number of anilines is 2. The first-order valence-electron chi connectivity index (χ1n) is 5.69. The summed E-state index contributed by atoms with van der Waals surface area (Å²) in [4.78, 5) is 4.08. The highest BCUT2D eigenvalue weighted by atomic mass is 32.2. The van der Waals surface area contributed by atoms with Gasteiger partial charge in [0.1, 0.15) is 5.82 Å². The monoisotopic (exact) mass is 277 g/mol. The van der Waals surface area contributed by atoms with E-state index in [0.29, 0.717) is 11.5 Å². The number of aromatic nitrogens is 1. The number of hydrogen-bond acceptors (Lipinski definition) is 4. The van der Waals surface area contributed by atoms with Gasteiger partial charge in [0.05, 0.1) is 16.8 Å². The van der Waals surface area contributed by atoms with Crippen molar-refractivity contribution in [3.63, 3.8) is 0 Å². The quantitative estimate of drug-likeness (QED) is 0.899. The Bertz CT molecular complexity index is 674. The third-order valence-corrected chi connectivity index (χ3v) is 3.90. The largest absolute Gasteiger partial charge is 0.384 e. The van der Waals surface area contributed by atoms with E-state index in [4.69, 9.17) is 5.73 Å². The summed E-state index contributed by atoms with van der Waals surface area (Å²) in [5, 5.41) is 0. The SMILES string of the molecule is Cc1cc(C)cc(S(=O)(=O)Nc2ccc(N)nc2)c1. The van der Waals surface area contributed by atoms with Gasteiger partial charge in [-0.25, -0.2) is 13.4 Å². The third kappa shape index (κ3) is 3.23. The highest BCUT2D eigenvalue weighted by Gasteiger charge is 2.15. The lowest BCUT2D eigenvalue weighted by molar-refractivity contribution is 0.601. The molecule has 2 rings (SSSR count). The number of hydrogen-bond donors (Lipinski definition) is 2. The molecule has 0 saturated heterocycles. The zero-order chi connectivity index (χ0) is 14.0. The predicted octanol–water partition coefficient (Wildman–Crippen LogP) is 2.08. The minimum absolute atomic E-state index is 0.238. The van der Waals surface area contributed by atoms with Gasteiger partial charge in [-0.3, -0.25) is 4.72 Å². The standard InChI is InChI=1S/C13H15N3O2S/c1-9-5-10(2)7-12(6-9)19(17,18)16-11-3-4-13(14)15-8-11/h3-8,16H,1-2H3,(H2,14,15). The van der Waals surface area contributed by atoms with Crippen molar-refractivity contribution in [2.45, 2.75) is 18.7 Å². The number of rotatable bonds is 3. The van der Waals surface area contributed by atoms with Crippen molar-refractivity contribution in [2.24, 2.45) is 0 Å². The Hall–Kier alpha value is -2.08. The smallest absolute Gasteiger partial charge is 0.261 e. The van der Waals surface area contributed by atoms with Gasteiger partial charge >= 0.3 is 0 Å². The number of pyridine rings is 1. The van der Waals surface area contributed by atoms with Crippen LogP contribution < -0.4 is 10.5 Å². The summed E-state index contributed by atoms with van der Waals surface area (Å²) in [6.07, 6.45) is 1.38. The van der Waals surface area contributed by atoms with Crippen LogP contribution in [0.2, 0.25) is 0 Å². The summed E-state index contributed by atoms with van der Waals surface area (Å²) in [5.74, 6) is 0.342. The van der Waals surface area contributed by atoms with E-state index in [-0.39, 0.29) is 4.90 Å². The van der Waals surface area contributed by atoms with Crippen molar-refractivity contribution in [1.29, 1.82) is 0 Å². The number of aryl methyl sites for hydroxylation is 2. The van der Waals surface area contributed by atoms with Gasteiger partial charge in [0.25, 0.3) is 10.0 Å². The molecule has 0 fully saturated rings. The molecule has 1 aromatic heterocycles. The van der Waals surface area contributed by atoms with E-state index in [1.165, 1.54) is 6.20 Å². The molecule has 0 aliphatic carbocycles. The maximum atomic E-state index is 12.2. The summed E-state index contributed by atoms with van der Waals surface area (Å²) >= 11 is 0. The number of benzene rings is 1. The molecule has 19 heavy (non-hydrogen) atoms. The first kappa shape index (κ1) is 13.4. The molecule has 1 heterocycles. The fourth-order valence-corrected chi connectivity index (χ4v) is 3.00. The number of nitrogen functional groups attached to an aromatic ring is 1. The van der Waals surface area contributed by atoms with E-state index in [0.717, 1.165) is 11.1 Å². The molecule has 0 saturated carbocycles. The molecular formula is C13H15N3O2S. The second-order valence-corrected chi connectivity index (χ2v) is 6.08. The molecule has 0 amide bonds. The summed E-state index contributed by atoms with van der Waals surface area (Å²) in [6, 6.07) is 8.28. The Balaban J connectivity index is 2.34. The number of nitrogens with one attached hydrogen (secondary N) is 1. The third-order valence-electron chi connectivity index (χ3n) is 2.54. The summed E-state index contributed by atoms with van der Waals surface area (Å²) < 4.78 is 26.9. The first-order chi connectivity index (χ1) is 8.87. The minimum Gasteiger partial charge on any atom is -0.384 e. The van der Waals surface area contributed by atoms with Gasteiger partial charge in [0.15, 0.2) is 0 Å². The second-order valence-electron chi connectivity index (χ2n) is 4.40. The molecule has 0 spiro atoms. The van der Waals surface area contributed by atoms with Gasteiger partial charge < -0.3 is 5.73 Å². The van der Waals surface area contributed by atoms with Crippen molar-refractivity contribution < 1.29 is 8.42 Å². The first-order valence-corrected chi connectivity index (χ1v) is 7.18. The van der Waals surface area contributed by atoms with E-state index in [1.807, 2.05) is 19.9 Å². The van der Waals surface area contributed by atoms with Crippen molar-refractivity contribution in [1.82, 2.24) is 4.98 Å². The number of sulfonamides is 1. The topological polar surface area (TPSA) is 85.1 Å². The van der Waals surface area contributed by atoms with Crippen LogP contribution in [-0.4, -0.2) is 13.4 Å². The van der Waals surface area contributed by atoms with Gasteiger partial charge in [0, 0.05) is 0 Å². The van der Waals surface area contributed by atoms with E-state index in [9.17, 15) is 8.42 Å². The van der Waals surface area contributed by atoms with Crippen LogP contribution >= 0.6 is 0 Å². The maximum absolute atomic E-state index is 12.2. The van der Waals surface area contributed by atoms with Crippen LogP contribution in [0.4, 0.5) is 11.5 Å². The summed E-state index contributed by atoms with van der Waals surface area (Å²) in [5.41, 5.74) is 7.63. The fraction of sp³-hybridized carbons (Fsp3) is 0.154. The van der Waals surface area contributed by atoms with E-state index < -0.39 is 10.0 Å². The molecule has 6 heteroatoms. The van der Waals surface area contributed by atoms with E-state index in [1.54, 1.807) is 24.3 Å². The number of nitrogens with two attached hydrogens (primary N) is 1. The highest BCUT2D eigenvalue weighted by Crippen LogP contribution is 2.18. The van der Waals surface area contributed by atoms with Gasteiger partial charge in [-0.05, 0) is 49.2 Å². The average Bonchev–Trinajstić information content (AvgIpc) is 2.31. The van der Waals surface area contributed by atoms with Crippen LogP contribution in [0.3, 0.4) is 0 Å². The molecule has 0 bridgehead atoms. The van der Waals surface area contributed by atoms with E-state index >= 15 is 0 Å². The number of nitrogens with zero attached hydrogens (tertiary/aromatic N) is 1. The highest BCUT2D eigenvalue weighted by molar-refractivity contribution is 7.92.